The molecule has 5 heteroatoms. The maximum Gasteiger partial charge on any atom is 0.237 e. The summed E-state index contributed by atoms with van der Waals surface area (Å²) in [6.45, 7) is 9.15. The number of anilines is 1. The van der Waals surface area contributed by atoms with E-state index >= 15 is 0 Å². The number of rotatable bonds is 8. The van der Waals surface area contributed by atoms with E-state index in [1.54, 1.807) is 6.92 Å². The summed E-state index contributed by atoms with van der Waals surface area (Å²) in [4.78, 5) is 29.0. The van der Waals surface area contributed by atoms with Gasteiger partial charge in [-0.15, -0.1) is 0 Å². The van der Waals surface area contributed by atoms with Gasteiger partial charge in [-0.2, -0.15) is 0 Å². The molecule has 0 bridgehead atoms. The van der Waals surface area contributed by atoms with Crippen LogP contribution in [0.2, 0.25) is 0 Å². The normalized spacial score (nSPS) is 16.7. The lowest BCUT2D eigenvalue weighted by molar-refractivity contribution is -0.126. The Labute approximate surface area is 180 Å². The Bertz CT molecular complexity index is 827. The second-order valence-electron chi connectivity index (χ2n) is 8.06. The third-order valence-electron chi connectivity index (χ3n) is 5.98. The summed E-state index contributed by atoms with van der Waals surface area (Å²) in [5.41, 5.74) is 3.03. The zero-order chi connectivity index (χ0) is 21.5. The molecule has 1 saturated heterocycles. The number of piperazine rings is 1. The summed E-state index contributed by atoms with van der Waals surface area (Å²) >= 11 is 0. The highest BCUT2D eigenvalue weighted by atomic mass is 16.2. The molecule has 5 nitrogen and oxygen atoms in total. The van der Waals surface area contributed by atoms with Gasteiger partial charge in [-0.3, -0.25) is 14.5 Å². The third-order valence-corrected chi connectivity index (χ3v) is 5.98. The molecule has 0 aliphatic carbocycles. The van der Waals surface area contributed by atoms with Crippen molar-refractivity contribution in [3.8, 4) is 0 Å². The van der Waals surface area contributed by atoms with Crippen molar-refractivity contribution < 1.29 is 9.59 Å². The van der Waals surface area contributed by atoms with Crippen molar-refractivity contribution >= 4 is 17.4 Å². The molecule has 1 aliphatic heterocycles. The van der Waals surface area contributed by atoms with Gasteiger partial charge >= 0.3 is 0 Å². The minimum Gasteiger partial charge on any atom is -0.369 e. The van der Waals surface area contributed by atoms with Gasteiger partial charge in [-0.25, -0.2) is 0 Å². The summed E-state index contributed by atoms with van der Waals surface area (Å²) < 4.78 is 0. The lowest BCUT2D eigenvalue weighted by Gasteiger charge is -2.39. The van der Waals surface area contributed by atoms with Crippen LogP contribution in [0.25, 0.3) is 0 Å². The van der Waals surface area contributed by atoms with Crippen molar-refractivity contribution in [3.63, 3.8) is 0 Å². The first-order chi connectivity index (χ1) is 14.5. The Balaban J connectivity index is 1.55. The fraction of sp³-hybridized carbons (Fsp3) is 0.440. The maximum absolute atomic E-state index is 13.0. The van der Waals surface area contributed by atoms with E-state index in [4.69, 9.17) is 0 Å². The van der Waals surface area contributed by atoms with Crippen LogP contribution in [0, 0.1) is 0 Å². The van der Waals surface area contributed by atoms with Gasteiger partial charge in [0.1, 0.15) is 0 Å². The molecule has 2 atom stereocenters. The predicted molar refractivity (Wildman–Crippen MR) is 122 cm³/mol. The zero-order valence-corrected chi connectivity index (χ0v) is 18.3. The van der Waals surface area contributed by atoms with Crippen LogP contribution in [-0.4, -0.2) is 48.8 Å². The molecule has 1 amide bonds. The molecule has 0 unspecified atom stereocenters. The van der Waals surface area contributed by atoms with E-state index in [9.17, 15) is 9.59 Å². The number of nitrogens with one attached hydrogen (secondary N) is 1. The van der Waals surface area contributed by atoms with Crippen molar-refractivity contribution in [1.29, 1.82) is 0 Å². The molecule has 0 aromatic heterocycles. The first kappa shape index (κ1) is 22.0. The van der Waals surface area contributed by atoms with Gasteiger partial charge in [0.2, 0.25) is 5.91 Å². The number of carbonyl (C=O) groups excluding carboxylic acids is 2. The topological polar surface area (TPSA) is 52.7 Å². The van der Waals surface area contributed by atoms with Crippen LogP contribution in [0.4, 0.5) is 5.69 Å². The van der Waals surface area contributed by atoms with E-state index in [2.05, 4.69) is 34.2 Å². The van der Waals surface area contributed by atoms with E-state index in [1.807, 2.05) is 49.4 Å². The van der Waals surface area contributed by atoms with Gasteiger partial charge in [0.05, 0.1) is 12.1 Å². The number of amides is 1. The van der Waals surface area contributed by atoms with E-state index < -0.39 is 0 Å². The summed E-state index contributed by atoms with van der Waals surface area (Å²) in [6.07, 6.45) is 1.96. The number of carbonyl (C=O) groups is 2. The lowest BCUT2D eigenvalue weighted by Crippen LogP contribution is -2.54. The molecule has 0 radical (unpaired) electrons. The minimum atomic E-state index is -0.157. The Hall–Kier alpha value is -2.66. The largest absolute Gasteiger partial charge is 0.369 e. The molecule has 1 fully saturated rings. The van der Waals surface area contributed by atoms with Crippen molar-refractivity contribution in [3.05, 3.63) is 65.7 Å². The average Bonchev–Trinajstić information content (AvgIpc) is 2.79. The monoisotopic (exact) mass is 407 g/mol. The van der Waals surface area contributed by atoms with E-state index in [-0.39, 0.29) is 23.8 Å². The SMILES string of the molecule is CCC[C@@H](NC(=O)[C@@H](C)N1CCN(c2ccc(C(C)=O)cc2)CC1)c1ccccc1. The standard InChI is InChI=1S/C25H33N3O2/c1-4-8-24(22-9-6-5-7-10-22)26-25(30)19(2)27-15-17-28(18-16-27)23-13-11-21(12-14-23)20(3)29/h5-7,9-14,19,24H,4,8,15-18H2,1-3H3,(H,26,30)/t19-,24-/m1/s1. The van der Waals surface area contributed by atoms with Crippen molar-refractivity contribution in [1.82, 2.24) is 10.2 Å². The van der Waals surface area contributed by atoms with Crippen LogP contribution in [-0.2, 0) is 4.79 Å². The van der Waals surface area contributed by atoms with E-state index in [1.165, 1.54) is 5.56 Å². The van der Waals surface area contributed by atoms with Crippen LogP contribution in [0.1, 0.15) is 55.6 Å². The first-order valence-electron chi connectivity index (χ1n) is 10.9. The smallest absolute Gasteiger partial charge is 0.237 e. The van der Waals surface area contributed by atoms with Crippen molar-refractivity contribution in [2.24, 2.45) is 0 Å². The molecular formula is C25H33N3O2. The molecule has 3 rings (SSSR count). The Kier molecular flexibility index (Phi) is 7.63. The maximum atomic E-state index is 13.0. The summed E-state index contributed by atoms with van der Waals surface area (Å²) in [5.74, 6) is 0.180. The Morgan fingerprint density at radius 1 is 0.967 bits per heavy atom. The second-order valence-corrected chi connectivity index (χ2v) is 8.06. The fourth-order valence-corrected chi connectivity index (χ4v) is 4.03. The quantitative estimate of drug-likeness (QED) is 0.671. The van der Waals surface area contributed by atoms with Gasteiger partial charge in [-0.1, -0.05) is 43.7 Å². The molecule has 2 aromatic rings. The molecule has 160 valence electrons. The molecule has 1 N–H and O–H groups in total. The molecular weight excluding hydrogens is 374 g/mol. The number of nitrogens with zero attached hydrogens (tertiary/aromatic N) is 2. The third kappa shape index (κ3) is 5.48. The van der Waals surface area contributed by atoms with Gasteiger partial charge in [0.15, 0.2) is 5.78 Å². The highest BCUT2D eigenvalue weighted by Gasteiger charge is 2.27. The van der Waals surface area contributed by atoms with Crippen LogP contribution < -0.4 is 10.2 Å². The van der Waals surface area contributed by atoms with Crippen LogP contribution in [0.15, 0.2) is 54.6 Å². The van der Waals surface area contributed by atoms with Crippen LogP contribution >= 0.6 is 0 Å². The molecule has 0 saturated carbocycles. The summed E-state index contributed by atoms with van der Waals surface area (Å²) in [7, 11) is 0. The lowest BCUT2D eigenvalue weighted by atomic mass is 10.0. The summed E-state index contributed by atoms with van der Waals surface area (Å²) in [6, 6.07) is 17.9. The van der Waals surface area contributed by atoms with Gasteiger partial charge in [0.25, 0.3) is 0 Å². The molecule has 30 heavy (non-hydrogen) atoms. The highest BCUT2D eigenvalue weighted by molar-refractivity contribution is 5.94. The van der Waals surface area contributed by atoms with Gasteiger partial charge in [-0.05, 0) is 50.1 Å². The van der Waals surface area contributed by atoms with E-state index in [0.717, 1.165) is 50.3 Å². The molecule has 1 heterocycles. The number of benzene rings is 2. The van der Waals surface area contributed by atoms with Crippen molar-refractivity contribution in [2.75, 3.05) is 31.1 Å². The molecule has 2 aromatic carbocycles. The number of ketones is 1. The molecule has 0 spiro atoms. The Morgan fingerprint density at radius 3 is 2.17 bits per heavy atom. The van der Waals surface area contributed by atoms with Crippen molar-refractivity contribution in [2.45, 2.75) is 45.7 Å². The number of hydrogen-bond donors (Lipinski definition) is 1. The van der Waals surface area contributed by atoms with Crippen LogP contribution in [0.5, 0.6) is 0 Å². The first-order valence-corrected chi connectivity index (χ1v) is 10.9. The fourth-order valence-electron chi connectivity index (χ4n) is 4.03. The molecule has 1 aliphatic rings. The predicted octanol–water partition coefficient (Wildman–Crippen LogP) is 4.06. The number of Topliss-reactive ketones (excluding diaryl/α,β-unsaturated/α-hetero) is 1. The van der Waals surface area contributed by atoms with Gasteiger partial charge < -0.3 is 10.2 Å². The zero-order valence-electron chi connectivity index (χ0n) is 18.3. The summed E-state index contributed by atoms with van der Waals surface area (Å²) in [5, 5.41) is 3.26. The second kappa shape index (κ2) is 10.4. The minimum absolute atomic E-state index is 0.0622. The number of hydrogen-bond acceptors (Lipinski definition) is 4. The van der Waals surface area contributed by atoms with Crippen LogP contribution in [0.3, 0.4) is 0 Å². The average molecular weight is 408 g/mol. The Morgan fingerprint density at radius 2 is 1.60 bits per heavy atom. The van der Waals surface area contributed by atoms with Gasteiger partial charge in [0, 0.05) is 37.4 Å². The highest BCUT2D eigenvalue weighted by Crippen LogP contribution is 2.21. The van der Waals surface area contributed by atoms with E-state index in [0.29, 0.717) is 0 Å².